The number of rotatable bonds is 4. The molecule has 0 fully saturated rings. The molecule has 0 spiro atoms. The lowest BCUT2D eigenvalue weighted by Crippen LogP contribution is -2.27. The zero-order valence-electron chi connectivity index (χ0n) is 11.4. The number of benzene rings is 2. The molecule has 0 unspecified atom stereocenters. The van der Waals surface area contributed by atoms with Crippen LogP contribution in [-0.4, -0.2) is 20.6 Å². The molecule has 5 nitrogen and oxygen atoms in total. The number of sulfonamides is 1. The third-order valence-corrected chi connectivity index (χ3v) is 4.79. The highest BCUT2D eigenvalue weighted by Crippen LogP contribution is 2.23. The van der Waals surface area contributed by atoms with Crippen LogP contribution >= 0.6 is 0 Å². The van der Waals surface area contributed by atoms with Crippen LogP contribution in [0.25, 0.3) is 0 Å². The van der Waals surface area contributed by atoms with Gasteiger partial charge in [-0.3, -0.25) is 4.31 Å². The molecule has 0 aliphatic heterocycles. The van der Waals surface area contributed by atoms with Crippen molar-refractivity contribution in [2.45, 2.75) is 5.75 Å². The third kappa shape index (κ3) is 3.52. The molecule has 2 rings (SSSR count). The Labute approximate surface area is 123 Å². The largest absolute Gasteiger partial charge is 0.508 e. The summed E-state index contributed by atoms with van der Waals surface area (Å²) < 4.78 is 25.8. The molecule has 0 radical (unpaired) electrons. The highest BCUT2D eigenvalue weighted by Gasteiger charge is 2.19. The Morgan fingerprint density at radius 2 is 1.86 bits per heavy atom. The van der Waals surface area contributed by atoms with Crippen LogP contribution in [0.1, 0.15) is 11.1 Å². The van der Waals surface area contributed by atoms with E-state index in [0.29, 0.717) is 16.8 Å². The van der Waals surface area contributed by atoms with Crippen LogP contribution in [0.4, 0.5) is 5.69 Å². The Bertz CT molecular complexity index is 777. The number of hydrogen-bond donors (Lipinski definition) is 1. The molecule has 6 heteroatoms. The standard InChI is InChI=1S/C15H14N2O3S/c1-17(14-3-2-4-15(18)9-14)21(19,20)11-13-7-5-12(10-16)6-8-13/h2-9,18H,11H2,1H3. The first-order valence-electron chi connectivity index (χ1n) is 6.17. The molecule has 2 aromatic rings. The molecule has 0 heterocycles. The summed E-state index contributed by atoms with van der Waals surface area (Å²) in [7, 11) is -2.13. The van der Waals surface area contributed by atoms with E-state index in [9.17, 15) is 13.5 Å². The minimum Gasteiger partial charge on any atom is -0.508 e. The summed E-state index contributed by atoms with van der Waals surface area (Å²) in [6, 6.07) is 14.4. The molecule has 0 amide bonds. The van der Waals surface area contributed by atoms with Gasteiger partial charge in [0.25, 0.3) is 0 Å². The molecule has 0 aliphatic rings. The first-order valence-corrected chi connectivity index (χ1v) is 7.78. The van der Waals surface area contributed by atoms with E-state index in [1.165, 1.54) is 19.2 Å². The number of phenols is 1. The number of anilines is 1. The number of nitrogens with zero attached hydrogens (tertiary/aromatic N) is 2. The third-order valence-electron chi connectivity index (χ3n) is 3.04. The highest BCUT2D eigenvalue weighted by atomic mass is 32.2. The van der Waals surface area contributed by atoms with E-state index in [-0.39, 0.29) is 11.5 Å². The molecule has 0 atom stereocenters. The number of nitriles is 1. The lowest BCUT2D eigenvalue weighted by atomic mass is 10.2. The molecule has 0 saturated carbocycles. The van der Waals surface area contributed by atoms with Gasteiger partial charge in [-0.15, -0.1) is 0 Å². The second-order valence-electron chi connectivity index (χ2n) is 4.55. The van der Waals surface area contributed by atoms with Gasteiger partial charge in [0.1, 0.15) is 5.75 Å². The van der Waals surface area contributed by atoms with E-state index in [0.717, 1.165) is 4.31 Å². The van der Waals surface area contributed by atoms with Gasteiger partial charge < -0.3 is 5.11 Å². The van der Waals surface area contributed by atoms with E-state index < -0.39 is 10.0 Å². The summed E-state index contributed by atoms with van der Waals surface area (Å²) in [6.45, 7) is 0. The summed E-state index contributed by atoms with van der Waals surface area (Å²) in [5.74, 6) is -0.168. The van der Waals surface area contributed by atoms with Crippen molar-refractivity contribution in [2.24, 2.45) is 0 Å². The molecule has 108 valence electrons. The number of hydrogen-bond acceptors (Lipinski definition) is 4. The van der Waals surface area contributed by atoms with Crippen LogP contribution in [0, 0.1) is 11.3 Å². The second kappa shape index (κ2) is 5.85. The summed E-state index contributed by atoms with van der Waals surface area (Å²) >= 11 is 0. The molecule has 0 aliphatic carbocycles. The topological polar surface area (TPSA) is 81.4 Å². The molecule has 2 aromatic carbocycles. The van der Waals surface area contributed by atoms with Gasteiger partial charge in [0.2, 0.25) is 10.0 Å². The Morgan fingerprint density at radius 1 is 1.19 bits per heavy atom. The maximum Gasteiger partial charge on any atom is 0.239 e. The highest BCUT2D eigenvalue weighted by molar-refractivity contribution is 7.92. The zero-order chi connectivity index (χ0) is 15.5. The van der Waals surface area contributed by atoms with Crippen LogP contribution in [0.5, 0.6) is 5.75 Å². The van der Waals surface area contributed by atoms with E-state index in [1.54, 1.807) is 36.4 Å². The van der Waals surface area contributed by atoms with Gasteiger partial charge >= 0.3 is 0 Å². The van der Waals surface area contributed by atoms with E-state index in [1.807, 2.05) is 6.07 Å². The molecular formula is C15H14N2O3S. The molecule has 21 heavy (non-hydrogen) atoms. The van der Waals surface area contributed by atoms with Crippen molar-refractivity contribution < 1.29 is 13.5 Å². The SMILES string of the molecule is CN(c1cccc(O)c1)S(=O)(=O)Cc1ccc(C#N)cc1. The predicted octanol–water partition coefficient (Wildman–Crippen LogP) is 2.23. The van der Waals surface area contributed by atoms with Gasteiger partial charge in [-0.05, 0) is 29.8 Å². The van der Waals surface area contributed by atoms with Crippen molar-refractivity contribution in [1.82, 2.24) is 0 Å². The first kappa shape index (κ1) is 14.9. The quantitative estimate of drug-likeness (QED) is 0.939. The minimum absolute atomic E-state index is 0.00734. The van der Waals surface area contributed by atoms with Crippen molar-refractivity contribution in [3.05, 3.63) is 59.7 Å². The summed E-state index contributed by atoms with van der Waals surface area (Å²) in [4.78, 5) is 0. The van der Waals surface area contributed by atoms with Gasteiger partial charge in [-0.2, -0.15) is 5.26 Å². The lowest BCUT2D eigenvalue weighted by molar-refractivity contribution is 0.475. The van der Waals surface area contributed by atoms with Crippen LogP contribution < -0.4 is 4.31 Å². The average Bonchev–Trinajstić information content (AvgIpc) is 2.47. The van der Waals surface area contributed by atoms with Crippen molar-refractivity contribution in [3.63, 3.8) is 0 Å². The number of aromatic hydroxyl groups is 1. The van der Waals surface area contributed by atoms with E-state index >= 15 is 0 Å². The summed E-state index contributed by atoms with van der Waals surface area (Å²) in [5.41, 5.74) is 1.47. The fourth-order valence-electron chi connectivity index (χ4n) is 1.83. The van der Waals surface area contributed by atoms with Gasteiger partial charge in [0.15, 0.2) is 0 Å². The van der Waals surface area contributed by atoms with Gasteiger partial charge in [0, 0.05) is 13.1 Å². The smallest absolute Gasteiger partial charge is 0.239 e. The van der Waals surface area contributed by atoms with Crippen LogP contribution in [-0.2, 0) is 15.8 Å². The van der Waals surface area contributed by atoms with E-state index in [4.69, 9.17) is 5.26 Å². The fourth-order valence-corrected chi connectivity index (χ4v) is 3.07. The monoisotopic (exact) mass is 302 g/mol. The zero-order valence-corrected chi connectivity index (χ0v) is 12.2. The van der Waals surface area contributed by atoms with Crippen molar-refractivity contribution in [3.8, 4) is 11.8 Å². The maximum absolute atomic E-state index is 12.3. The molecule has 1 N–H and O–H groups in total. The Balaban J connectivity index is 2.23. The Morgan fingerprint density at radius 3 is 2.43 bits per heavy atom. The fraction of sp³-hybridized carbons (Fsp3) is 0.133. The van der Waals surface area contributed by atoms with E-state index in [2.05, 4.69) is 0 Å². The maximum atomic E-state index is 12.3. The Kier molecular flexibility index (Phi) is 4.15. The predicted molar refractivity (Wildman–Crippen MR) is 80.3 cm³/mol. The van der Waals surface area contributed by atoms with Crippen LogP contribution in [0.2, 0.25) is 0 Å². The number of phenolic OH excluding ortho intramolecular Hbond substituents is 1. The van der Waals surface area contributed by atoms with Gasteiger partial charge in [0.05, 0.1) is 23.1 Å². The summed E-state index contributed by atoms with van der Waals surface area (Å²) in [6.07, 6.45) is 0. The molecule has 0 aromatic heterocycles. The lowest BCUT2D eigenvalue weighted by Gasteiger charge is -2.19. The second-order valence-corrected chi connectivity index (χ2v) is 6.55. The molecule has 0 saturated heterocycles. The van der Waals surface area contributed by atoms with Gasteiger partial charge in [-0.1, -0.05) is 18.2 Å². The van der Waals surface area contributed by atoms with Gasteiger partial charge in [-0.25, -0.2) is 8.42 Å². The normalized spacial score (nSPS) is 10.9. The molecule has 0 bridgehead atoms. The van der Waals surface area contributed by atoms with Crippen molar-refractivity contribution in [1.29, 1.82) is 5.26 Å². The Hall–Kier alpha value is -2.52. The average molecular weight is 302 g/mol. The minimum atomic E-state index is -3.56. The van der Waals surface area contributed by atoms with Crippen molar-refractivity contribution in [2.75, 3.05) is 11.4 Å². The first-order chi connectivity index (χ1) is 9.92. The molecular weight excluding hydrogens is 288 g/mol. The summed E-state index contributed by atoms with van der Waals surface area (Å²) in [5, 5.41) is 18.1. The van der Waals surface area contributed by atoms with Crippen molar-refractivity contribution >= 4 is 15.7 Å². The van der Waals surface area contributed by atoms with Crippen LogP contribution in [0.3, 0.4) is 0 Å². The van der Waals surface area contributed by atoms with Crippen LogP contribution in [0.15, 0.2) is 48.5 Å².